The monoisotopic (exact) mass is 336 g/mol. The first-order chi connectivity index (χ1) is 12.3. The minimum atomic E-state index is 0.300. The fourth-order valence-electron chi connectivity index (χ4n) is 3.90. The molecule has 0 N–H and O–H groups in total. The highest BCUT2D eigenvalue weighted by molar-refractivity contribution is 5.83. The van der Waals surface area contributed by atoms with E-state index in [1.807, 2.05) is 24.3 Å². The summed E-state index contributed by atoms with van der Waals surface area (Å²) in [5, 5.41) is 10.8. The van der Waals surface area contributed by atoms with Crippen molar-refractivity contribution in [2.45, 2.75) is 31.8 Å². The zero-order valence-corrected chi connectivity index (χ0v) is 14.0. The molecule has 0 radical (unpaired) electrons. The summed E-state index contributed by atoms with van der Waals surface area (Å²) in [6.07, 6.45) is 3.34. The number of aromatic nitrogens is 2. The van der Waals surface area contributed by atoms with Gasteiger partial charge in [0.25, 0.3) is 5.89 Å². The summed E-state index contributed by atoms with van der Waals surface area (Å²) >= 11 is 0. The highest BCUT2D eigenvalue weighted by atomic mass is 16.5. The molecule has 1 spiro atoms. The average molecular weight is 336 g/mol. The Morgan fingerprint density at radius 2 is 1.88 bits per heavy atom. The van der Waals surface area contributed by atoms with Crippen molar-refractivity contribution in [1.82, 2.24) is 10.2 Å². The van der Waals surface area contributed by atoms with Gasteiger partial charge in [-0.2, -0.15) is 0 Å². The Labute approximate surface area is 146 Å². The van der Waals surface area contributed by atoms with E-state index in [9.17, 15) is 0 Å². The molecule has 0 bridgehead atoms. The van der Waals surface area contributed by atoms with E-state index in [2.05, 4.69) is 28.4 Å². The van der Waals surface area contributed by atoms with Crippen LogP contribution in [0.25, 0.3) is 10.8 Å². The zero-order chi connectivity index (χ0) is 16.7. The number of benzene rings is 2. The number of rotatable bonds is 4. The van der Waals surface area contributed by atoms with Gasteiger partial charge in [-0.05, 0) is 47.6 Å². The fraction of sp³-hybridized carbons (Fsp3) is 0.400. The van der Waals surface area contributed by atoms with Crippen LogP contribution in [0.3, 0.4) is 0 Å². The van der Waals surface area contributed by atoms with Gasteiger partial charge in [-0.25, -0.2) is 0 Å². The predicted molar refractivity (Wildman–Crippen MR) is 92.4 cm³/mol. The van der Waals surface area contributed by atoms with Crippen LogP contribution in [0, 0.1) is 5.41 Å². The molecule has 25 heavy (non-hydrogen) atoms. The van der Waals surface area contributed by atoms with Crippen LogP contribution in [-0.4, -0.2) is 23.4 Å². The fourth-order valence-corrected chi connectivity index (χ4v) is 3.90. The van der Waals surface area contributed by atoms with Gasteiger partial charge in [-0.1, -0.05) is 30.3 Å². The van der Waals surface area contributed by atoms with Gasteiger partial charge in [0, 0.05) is 19.1 Å². The molecule has 3 aromatic rings. The minimum absolute atomic E-state index is 0.300. The number of fused-ring (bicyclic) bond motifs is 1. The van der Waals surface area contributed by atoms with Crippen LogP contribution in [0.2, 0.25) is 0 Å². The molecular formula is C20H20N2O3. The molecule has 1 saturated carbocycles. The van der Waals surface area contributed by atoms with Crippen LogP contribution in [0.15, 0.2) is 46.9 Å². The van der Waals surface area contributed by atoms with Crippen molar-refractivity contribution >= 4 is 10.8 Å². The SMILES string of the molecule is c1ccc2cc(OCc3nnc([C@@H]4CC45CCOCC5)o3)ccc2c1. The van der Waals surface area contributed by atoms with Crippen LogP contribution in [0.4, 0.5) is 0 Å². The summed E-state index contributed by atoms with van der Waals surface area (Å²) in [5.74, 6) is 2.51. The zero-order valence-electron chi connectivity index (χ0n) is 14.0. The lowest BCUT2D eigenvalue weighted by Crippen LogP contribution is -2.18. The first kappa shape index (κ1) is 14.9. The van der Waals surface area contributed by atoms with Crippen LogP contribution in [0.5, 0.6) is 5.75 Å². The Kier molecular flexibility index (Phi) is 3.48. The van der Waals surface area contributed by atoms with Crippen molar-refractivity contribution in [2.24, 2.45) is 5.41 Å². The lowest BCUT2D eigenvalue weighted by Gasteiger charge is -2.21. The molecule has 2 aliphatic rings. The highest BCUT2D eigenvalue weighted by Gasteiger charge is 2.57. The number of ether oxygens (including phenoxy) is 2. The smallest absolute Gasteiger partial charge is 0.253 e. The van der Waals surface area contributed by atoms with E-state index in [0.717, 1.165) is 49.5 Å². The Morgan fingerprint density at radius 3 is 2.76 bits per heavy atom. The van der Waals surface area contributed by atoms with Gasteiger partial charge < -0.3 is 13.9 Å². The van der Waals surface area contributed by atoms with E-state index in [0.29, 0.717) is 23.8 Å². The van der Waals surface area contributed by atoms with E-state index in [4.69, 9.17) is 13.9 Å². The molecule has 5 nitrogen and oxygen atoms in total. The van der Waals surface area contributed by atoms with Crippen molar-refractivity contribution in [3.8, 4) is 5.75 Å². The molecule has 2 aromatic carbocycles. The maximum atomic E-state index is 5.86. The van der Waals surface area contributed by atoms with Crippen LogP contribution in [0.1, 0.15) is 37.0 Å². The first-order valence-corrected chi connectivity index (χ1v) is 8.84. The van der Waals surface area contributed by atoms with E-state index < -0.39 is 0 Å². The highest BCUT2D eigenvalue weighted by Crippen LogP contribution is 2.64. The van der Waals surface area contributed by atoms with Crippen LogP contribution < -0.4 is 4.74 Å². The maximum absolute atomic E-state index is 5.86. The summed E-state index contributed by atoms with van der Waals surface area (Å²) < 4.78 is 17.2. The molecule has 1 aliphatic heterocycles. The molecule has 5 heteroatoms. The molecule has 0 unspecified atom stereocenters. The summed E-state index contributed by atoms with van der Waals surface area (Å²) in [6, 6.07) is 14.3. The third kappa shape index (κ3) is 2.78. The third-order valence-electron chi connectivity index (χ3n) is 5.54. The third-order valence-corrected chi connectivity index (χ3v) is 5.54. The Balaban J connectivity index is 1.25. The molecule has 1 aromatic heterocycles. The topological polar surface area (TPSA) is 57.4 Å². The molecule has 1 aliphatic carbocycles. The second kappa shape index (κ2) is 5.85. The van der Waals surface area contributed by atoms with E-state index in [1.165, 1.54) is 5.39 Å². The van der Waals surface area contributed by atoms with E-state index in [1.54, 1.807) is 0 Å². The lowest BCUT2D eigenvalue weighted by molar-refractivity contribution is 0.0545. The van der Waals surface area contributed by atoms with Crippen molar-refractivity contribution in [1.29, 1.82) is 0 Å². The summed E-state index contributed by atoms with van der Waals surface area (Å²) in [5.41, 5.74) is 0.348. The minimum Gasteiger partial charge on any atom is -0.484 e. The second-order valence-electron chi connectivity index (χ2n) is 7.06. The predicted octanol–water partition coefficient (Wildman–Crippen LogP) is 4.09. The summed E-state index contributed by atoms with van der Waals surface area (Å²) in [4.78, 5) is 0. The normalized spacial score (nSPS) is 21.5. The van der Waals surface area contributed by atoms with E-state index in [-0.39, 0.29) is 0 Å². The van der Waals surface area contributed by atoms with Crippen LogP contribution in [-0.2, 0) is 11.3 Å². The van der Waals surface area contributed by atoms with Gasteiger partial charge in [0.05, 0.1) is 0 Å². The van der Waals surface area contributed by atoms with Gasteiger partial charge in [-0.15, -0.1) is 10.2 Å². The Morgan fingerprint density at radius 1 is 1.04 bits per heavy atom. The molecular weight excluding hydrogens is 316 g/mol. The molecule has 2 heterocycles. The maximum Gasteiger partial charge on any atom is 0.253 e. The van der Waals surface area contributed by atoms with Crippen molar-refractivity contribution in [3.05, 3.63) is 54.2 Å². The van der Waals surface area contributed by atoms with Gasteiger partial charge in [0.2, 0.25) is 5.89 Å². The quantitative estimate of drug-likeness (QED) is 0.718. The lowest BCUT2D eigenvalue weighted by atomic mass is 9.94. The number of hydrogen-bond donors (Lipinski definition) is 0. The van der Waals surface area contributed by atoms with Crippen molar-refractivity contribution < 1.29 is 13.9 Å². The Hall–Kier alpha value is -2.40. The number of nitrogens with zero attached hydrogens (tertiary/aromatic N) is 2. The Bertz CT molecular complexity index is 899. The largest absolute Gasteiger partial charge is 0.484 e. The van der Waals surface area contributed by atoms with Crippen molar-refractivity contribution in [3.63, 3.8) is 0 Å². The molecule has 2 fully saturated rings. The molecule has 1 atom stereocenters. The van der Waals surface area contributed by atoms with Gasteiger partial charge >= 0.3 is 0 Å². The molecule has 128 valence electrons. The molecule has 5 rings (SSSR count). The summed E-state index contributed by atoms with van der Waals surface area (Å²) in [6.45, 7) is 2.00. The standard InChI is InChI=1S/C20H20N2O3/c1-2-4-15-11-16(6-5-14(15)3-1)24-13-18-21-22-19(25-18)17-12-20(17)7-9-23-10-8-20/h1-6,11,17H,7-10,12-13H2/t17-/m0/s1. The van der Waals surface area contributed by atoms with E-state index >= 15 is 0 Å². The van der Waals surface area contributed by atoms with Gasteiger partial charge in [-0.3, -0.25) is 0 Å². The van der Waals surface area contributed by atoms with Crippen molar-refractivity contribution in [2.75, 3.05) is 13.2 Å². The number of hydrogen-bond acceptors (Lipinski definition) is 5. The summed E-state index contributed by atoms with van der Waals surface area (Å²) in [7, 11) is 0. The second-order valence-corrected chi connectivity index (χ2v) is 7.06. The molecule has 0 amide bonds. The molecule has 1 saturated heterocycles. The average Bonchev–Trinajstić information content (AvgIpc) is 3.14. The van der Waals surface area contributed by atoms with Gasteiger partial charge in [0.1, 0.15) is 5.75 Å². The van der Waals surface area contributed by atoms with Crippen LogP contribution >= 0.6 is 0 Å². The van der Waals surface area contributed by atoms with Gasteiger partial charge in [0.15, 0.2) is 6.61 Å². The first-order valence-electron chi connectivity index (χ1n) is 8.84.